The highest BCUT2D eigenvalue weighted by atomic mass is 16.5. The van der Waals surface area contributed by atoms with E-state index >= 15 is 0 Å². The van der Waals surface area contributed by atoms with Crippen LogP contribution in [0.1, 0.15) is 31.2 Å². The van der Waals surface area contributed by atoms with E-state index in [1.165, 1.54) is 24.8 Å². The summed E-state index contributed by atoms with van der Waals surface area (Å²) in [4.78, 5) is 0. The highest BCUT2D eigenvalue weighted by Gasteiger charge is 2.23. The molecule has 100 valence electrons. The van der Waals surface area contributed by atoms with Crippen LogP contribution in [0.2, 0.25) is 0 Å². The summed E-state index contributed by atoms with van der Waals surface area (Å²) in [5.41, 5.74) is 7.42. The van der Waals surface area contributed by atoms with Crippen LogP contribution in [-0.2, 0) is 6.42 Å². The molecule has 2 unspecified atom stereocenters. The van der Waals surface area contributed by atoms with Gasteiger partial charge in [-0.1, -0.05) is 12.8 Å². The fourth-order valence-electron chi connectivity index (χ4n) is 2.81. The van der Waals surface area contributed by atoms with E-state index < -0.39 is 0 Å². The third-order valence-corrected chi connectivity index (χ3v) is 3.94. The molecule has 2 atom stereocenters. The Bertz CT molecular complexity index is 392. The molecule has 0 bridgehead atoms. The van der Waals surface area contributed by atoms with Gasteiger partial charge in [-0.05, 0) is 48.9 Å². The fourth-order valence-corrected chi connectivity index (χ4v) is 2.81. The molecular weight excluding hydrogens is 226 g/mol. The molecule has 1 saturated carbocycles. The fraction of sp³-hybridized carbons (Fsp3) is 0.600. The number of hydrogen-bond donors (Lipinski definition) is 1. The molecule has 1 aliphatic carbocycles. The van der Waals surface area contributed by atoms with E-state index in [-0.39, 0.29) is 0 Å². The zero-order valence-corrected chi connectivity index (χ0v) is 11.3. The van der Waals surface area contributed by atoms with Crippen molar-refractivity contribution in [3.63, 3.8) is 0 Å². The summed E-state index contributed by atoms with van der Waals surface area (Å²) in [5.74, 6) is 2.39. The van der Waals surface area contributed by atoms with Gasteiger partial charge < -0.3 is 15.2 Å². The number of hydrogen-bond acceptors (Lipinski definition) is 3. The number of nitrogens with two attached hydrogens (primary N) is 1. The Balaban J connectivity index is 2.15. The Kier molecular flexibility index (Phi) is 4.48. The largest absolute Gasteiger partial charge is 0.497 e. The summed E-state index contributed by atoms with van der Waals surface area (Å²) in [6.45, 7) is 0. The zero-order valence-electron chi connectivity index (χ0n) is 11.3. The van der Waals surface area contributed by atoms with E-state index in [1.54, 1.807) is 14.2 Å². The van der Waals surface area contributed by atoms with Gasteiger partial charge in [-0.3, -0.25) is 0 Å². The molecule has 3 nitrogen and oxygen atoms in total. The maximum atomic E-state index is 6.22. The van der Waals surface area contributed by atoms with Crippen molar-refractivity contribution in [2.24, 2.45) is 11.7 Å². The van der Waals surface area contributed by atoms with Crippen LogP contribution in [0, 0.1) is 5.92 Å². The van der Waals surface area contributed by atoms with Crippen molar-refractivity contribution < 1.29 is 9.47 Å². The van der Waals surface area contributed by atoms with Gasteiger partial charge in [0, 0.05) is 6.04 Å². The number of rotatable bonds is 4. The maximum Gasteiger partial charge on any atom is 0.122 e. The van der Waals surface area contributed by atoms with Gasteiger partial charge in [0.2, 0.25) is 0 Å². The minimum absolute atomic E-state index is 0.328. The van der Waals surface area contributed by atoms with Crippen LogP contribution in [0.4, 0.5) is 0 Å². The van der Waals surface area contributed by atoms with Gasteiger partial charge in [0.05, 0.1) is 14.2 Å². The highest BCUT2D eigenvalue weighted by molar-refractivity contribution is 5.40. The molecule has 1 aromatic rings. The molecular formula is C15H23NO2. The first-order chi connectivity index (χ1) is 8.74. The molecule has 18 heavy (non-hydrogen) atoms. The lowest BCUT2D eigenvalue weighted by Gasteiger charge is -2.29. The van der Waals surface area contributed by atoms with Crippen molar-refractivity contribution in [3.8, 4) is 11.5 Å². The maximum absolute atomic E-state index is 6.22. The second kappa shape index (κ2) is 6.10. The van der Waals surface area contributed by atoms with Crippen molar-refractivity contribution in [1.29, 1.82) is 0 Å². The first-order valence-electron chi connectivity index (χ1n) is 6.71. The zero-order chi connectivity index (χ0) is 13.0. The monoisotopic (exact) mass is 249 g/mol. The van der Waals surface area contributed by atoms with E-state index in [1.807, 2.05) is 12.1 Å². The van der Waals surface area contributed by atoms with Gasteiger partial charge >= 0.3 is 0 Å². The second-order valence-corrected chi connectivity index (χ2v) is 5.09. The van der Waals surface area contributed by atoms with Gasteiger partial charge in [-0.15, -0.1) is 0 Å². The van der Waals surface area contributed by atoms with Crippen molar-refractivity contribution in [3.05, 3.63) is 23.8 Å². The Morgan fingerprint density at radius 2 is 1.94 bits per heavy atom. The SMILES string of the molecule is COc1ccc(OC)c(CC2CCCCC2N)c1. The van der Waals surface area contributed by atoms with Crippen LogP contribution in [0.5, 0.6) is 11.5 Å². The van der Waals surface area contributed by atoms with Gasteiger partial charge in [0.25, 0.3) is 0 Å². The highest BCUT2D eigenvalue weighted by Crippen LogP contribution is 2.31. The quantitative estimate of drug-likeness (QED) is 0.892. The molecule has 1 fully saturated rings. The Labute approximate surface area is 109 Å². The molecule has 0 aromatic heterocycles. The summed E-state index contributed by atoms with van der Waals surface area (Å²) >= 11 is 0. The first kappa shape index (κ1) is 13.2. The van der Waals surface area contributed by atoms with Crippen molar-refractivity contribution in [2.75, 3.05) is 14.2 Å². The van der Waals surface area contributed by atoms with Crippen LogP contribution in [0.3, 0.4) is 0 Å². The Hall–Kier alpha value is -1.22. The van der Waals surface area contributed by atoms with Crippen LogP contribution in [-0.4, -0.2) is 20.3 Å². The van der Waals surface area contributed by atoms with Crippen molar-refractivity contribution in [2.45, 2.75) is 38.1 Å². The summed E-state index contributed by atoms with van der Waals surface area (Å²) in [6.07, 6.45) is 5.93. The lowest BCUT2D eigenvalue weighted by atomic mass is 9.81. The second-order valence-electron chi connectivity index (χ2n) is 5.09. The molecule has 1 aliphatic rings. The summed E-state index contributed by atoms with van der Waals surface area (Å²) in [5, 5.41) is 0. The van der Waals surface area contributed by atoms with Gasteiger partial charge in [0.15, 0.2) is 0 Å². The molecule has 0 saturated heterocycles. The van der Waals surface area contributed by atoms with E-state index in [2.05, 4.69) is 6.07 Å². The first-order valence-corrected chi connectivity index (χ1v) is 6.71. The molecule has 0 aliphatic heterocycles. The molecule has 0 heterocycles. The van der Waals surface area contributed by atoms with Crippen molar-refractivity contribution in [1.82, 2.24) is 0 Å². The standard InChI is InChI=1S/C15H23NO2/c1-17-13-7-8-15(18-2)12(10-13)9-11-5-3-4-6-14(11)16/h7-8,10-11,14H,3-6,9,16H2,1-2H3. The summed E-state index contributed by atoms with van der Waals surface area (Å²) in [7, 11) is 3.41. The molecule has 3 heteroatoms. The molecule has 0 radical (unpaired) electrons. The minimum atomic E-state index is 0.328. The Morgan fingerprint density at radius 3 is 2.61 bits per heavy atom. The van der Waals surface area contributed by atoms with E-state index in [0.717, 1.165) is 24.3 Å². The van der Waals surface area contributed by atoms with Crippen LogP contribution in [0.25, 0.3) is 0 Å². The normalized spacial score (nSPS) is 23.7. The third-order valence-electron chi connectivity index (χ3n) is 3.94. The average molecular weight is 249 g/mol. The number of benzene rings is 1. The third kappa shape index (κ3) is 2.96. The van der Waals surface area contributed by atoms with Crippen molar-refractivity contribution >= 4 is 0 Å². The predicted molar refractivity (Wildman–Crippen MR) is 73.2 cm³/mol. The molecule has 1 aromatic carbocycles. The predicted octanol–water partition coefficient (Wildman–Crippen LogP) is 2.76. The average Bonchev–Trinajstić information content (AvgIpc) is 2.41. The number of ether oxygens (including phenoxy) is 2. The van der Waals surface area contributed by atoms with Gasteiger partial charge in [0.1, 0.15) is 11.5 Å². The summed E-state index contributed by atoms with van der Waals surface area (Å²) < 4.78 is 10.7. The van der Waals surface area contributed by atoms with Gasteiger partial charge in [-0.2, -0.15) is 0 Å². The van der Waals surface area contributed by atoms with Crippen LogP contribution < -0.4 is 15.2 Å². The minimum Gasteiger partial charge on any atom is -0.497 e. The smallest absolute Gasteiger partial charge is 0.122 e. The molecule has 0 spiro atoms. The molecule has 2 rings (SSSR count). The lowest BCUT2D eigenvalue weighted by Crippen LogP contribution is -2.34. The Morgan fingerprint density at radius 1 is 1.17 bits per heavy atom. The van der Waals surface area contributed by atoms with E-state index in [4.69, 9.17) is 15.2 Å². The van der Waals surface area contributed by atoms with Gasteiger partial charge in [-0.25, -0.2) is 0 Å². The summed E-state index contributed by atoms with van der Waals surface area (Å²) in [6, 6.07) is 6.31. The van der Waals surface area contributed by atoms with Crippen LogP contribution in [0.15, 0.2) is 18.2 Å². The van der Waals surface area contributed by atoms with Crippen LogP contribution >= 0.6 is 0 Å². The number of methoxy groups -OCH3 is 2. The lowest BCUT2D eigenvalue weighted by molar-refractivity contribution is 0.302. The topological polar surface area (TPSA) is 44.5 Å². The van der Waals surface area contributed by atoms with E-state index in [0.29, 0.717) is 12.0 Å². The molecule has 0 amide bonds. The van der Waals surface area contributed by atoms with E-state index in [9.17, 15) is 0 Å². The molecule has 2 N–H and O–H groups in total.